The lowest BCUT2D eigenvalue weighted by atomic mass is 10.1. The Hall–Kier alpha value is -2.63. The first kappa shape index (κ1) is 20.6. The van der Waals surface area contributed by atoms with E-state index in [4.69, 9.17) is 23.2 Å². The van der Waals surface area contributed by atoms with E-state index in [1.165, 1.54) is 5.56 Å². The summed E-state index contributed by atoms with van der Waals surface area (Å²) in [7, 11) is 0. The maximum Gasteiger partial charge on any atom is 0.227 e. The van der Waals surface area contributed by atoms with Gasteiger partial charge in [0.25, 0.3) is 0 Å². The molecule has 154 valence electrons. The quantitative estimate of drug-likeness (QED) is 0.592. The van der Waals surface area contributed by atoms with E-state index in [1.54, 1.807) is 12.1 Å². The predicted octanol–water partition coefficient (Wildman–Crippen LogP) is 4.65. The molecule has 1 aromatic heterocycles. The molecule has 3 aromatic rings. The SMILES string of the molecule is Cc1ccc(CC(=O)N2CCN(c3ccc(-c4ccc(Cl)cc4Cl)nn3)CC2)cc1. The number of halogens is 2. The number of amides is 1. The van der Waals surface area contributed by atoms with Gasteiger partial charge in [-0.15, -0.1) is 10.2 Å². The molecular formula is C23H22Cl2N4O. The Morgan fingerprint density at radius 1 is 0.933 bits per heavy atom. The minimum atomic E-state index is 0.164. The van der Waals surface area contributed by atoms with Crippen LogP contribution in [0.4, 0.5) is 5.82 Å². The minimum Gasteiger partial charge on any atom is -0.352 e. The fraction of sp³-hybridized carbons (Fsp3) is 0.261. The largest absolute Gasteiger partial charge is 0.352 e. The van der Waals surface area contributed by atoms with E-state index in [-0.39, 0.29) is 5.91 Å². The molecule has 1 amide bonds. The Kier molecular flexibility index (Phi) is 6.21. The second-order valence-electron chi connectivity index (χ2n) is 7.43. The number of anilines is 1. The lowest BCUT2D eigenvalue weighted by Crippen LogP contribution is -2.49. The van der Waals surface area contributed by atoms with Gasteiger partial charge in [0, 0.05) is 36.8 Å². The molecule has 2 aromatic carbocycles. The number of hydrogen-bond donors (Lipinski definition) is 0. The van der Waals surface area contributed by atoms with Crippen molar-refractivity contribution in [1.82, 2.24) is 15.1 Å². The molecule has 5 nitrogen and oxygen atoms in total. The predicted molar refractivity (Wildman–Crippen MR) is 121 cm³/mol. The van der Waals surface area contributed by atoms with Gasteiger partial charge in [0.1, 0.15) is 0 Å². The first-order chi connectivity index (χ1) is 14.5. The summed E-state index contributed by atoms with van der Waals surface area (Å²) < 4.78 is 0. The Bertz CT molecular complexity index is 1030. The molecule has 1 aliphatic rings. The summed E-state index contributed by atoms with van der Waals surface area (Å²) in [6.45, 7) is 4.86. The van der Waals surface area contributed by atoms with E-state index in [1.807, 2.05) is 54.3 Å². The molecule has 1 saturated heterocycles. The highest BCUT2D eigenvalue weighted by Crippen LogP contribution is 2.29. The third-order valence-electron chi connectivity index (χ3n) is 5.29. The van der Waals surface area contributed by atoms with Crippen LogP contribution in [0.2, 0.25) is 10.0 Å². The van der Waals surface area contributed by atoms with Crippen LogP contribution in [0.25, 0.3) is 11.3 Å². The summed E-state index contributed by atoms with van der Waals surface area (Å²) in [5.74, 6) is 0.965. The number of aryl methyl sites for hydroxylation is 1. The van der Waals surface area contributed by atoms with Crippen LogP contribution < -0.4 is 4.90 Å². The van der Waals surface area contributed by atoms with Crippen molar-refractivity contribution in [1.29, 1.82) is 0 Å². The highest BCUT2D eigenvalue weighted by molar-refractivity contribution is 6.36. The van der Waals surface area contributed by atoms with Crippen LogP contribution in [0, 0.1) is 6.92 Å². The van der Waals surface area contributed by atoms with Gasteiger partial charge in [0.15, 0.2) is 5.82 Å². The van der Waals surface area contributed by atoms with Crippen molar-refractivity contribution in [2.45, 2.75) is 13.3 Å². The molecule has 2 heterocycles. The van der Waals surface area contributed by atoms with Gasteiger partial charge in [-0.05, 0) is 42.8 Å². The smallest absolute Gasteiger partial charge is 0.227 e. The normalized spacial score (nSPS) is 14.1. The standard InChI is InChI=1S/C23H22Cl2N4O/c1-16-2-4-17(5-3-16)14-23(30)29-12-10-28(11-13-29)22-9-8-21(26-27-22)19-7-6-18(24)15-20(19)25/h2-9,15H,10-14H2,1H3. The average molecular weight is 441 g/mol. The summed E-state index contributed by atoms with van der Waals surface area (Å²) in [6.07, 6.45) is 0.441. The summed E-state index contributed by atoms with van der Waals surface area (Å²) in [4.78, 5) is 16.7. The molecule has 1 aliphatic heterocycles. The van der Waals surface area contributed by atoms with Gasteiger partial charge in [-0.25, -0.2) is 0 Å². The Labute approximate surface area is 186 Å². The minimum absolute atomic E-state index is 0.164. The molecule has 0 radical (unpaired) electrons. The second-order valence-corrected chi connectivity index (χ2v) is 8.27. The van der Waals surface area contributed by atoms with Crippen molar-refractivity contribution >= 4 is 34.9 Å². The van der Waals surface area contributed by atoms with Crippen LogP contribution in [0.3, 0.4) is 0 Å². The van der Waals surface area contributed by atoms with Gasteiger partial charge in [0.05, 0.1) is 17.1 Å². The zero-order valence-corrected chi connectivity index (χ0v) is 18.2. The Balaban J connectivity index is 1.35. The molecule has 0 N–H and O–H groups in total. The fourth-order valence-electron chi connectivity index (χ4n) is 3.51. The summed E-state index contributed by atoms with van der Waals surface area (Å²) in [5.41, 5.74) is 3.75. The van der Waals surface area contributed by atoms with E-state index in [0.29, 0.717) is 35.2 Å². The number of aromatic nitrogens is 2. The molecule has 7 heteroatoms. The van der Waals surface area contributed by atoms with Gasteiger partial charge in [-0.3, -0.25) is 4.79 Å². The van der Waals surface area contributed by atoms with Gasteiger partial charge in [0.2, 0.25) is 5.91 Å². The molecular weight excluding hydrogens is 419 g/mol. The van der Waals surface area contributed by atoms with Gasteiger partial charge in [-0.1, -0.05) is 53.0 Å². The molecule has 0 unspecified atom stereocenters. The first-order valence-corrected chi connectivity index (χ1v) is 10.6. The summed E-state index contributed by atoms with van der Waals surface area (Å²) in [5, 5.41) is 9.83. The van der Waals surface area contributed by atoms with Crippen LogP contribution in [-0.4, -0.2) is 47.2 Å². The van der Waals surface area contributed by atoms with E-state index < -0.39 is 0 Å². The highest BCUT2D eigenvalue weighted by atomic mass is 35.5. The second kappa shape index (κ2) is 9.02. The van der Waals surface area contributed by atoms with Crippen molar-refractivity contribution in [3.63, 3.8) is 0 Å². The number of benzene rings is 2. The molecule has 0 aliphatic carbocycles. The Morgan fingerprint density at radius 3 is 2.30 bits per heavy atom. The summed E-state index contributed by atoms with van der Waals surface area (Å²) >= 11 is 12.2. The highest BCUT2D eigenvalue weighted by Gasteiger charge is 2.22. The number of nitrogens with zero attached hydrogens (tertiary/aromatic N) is 4. The van der Waals surface area contributed by atoms with Gasteiger partial charge < -0.3 is 9.80 Å². The zero-order valence-electron chi connectivity index (χ0n) is 16.7. The fourth-order valence-corrected chi connectivity index (χ4v) is 4.02. The number of rotatable bonds is 4. The third-order valence-corrected chi connectivity index (χ3v) is 5.84. The van der Waals surface area contributed by atoms with Crippen molar-refractivity contribution in [2.24, 2.45) is 0 Å². The van der Waals surface area contributed by atoms with Crippen LogP contribution in [0.15, 0.2) is 54.6 Å². The third kappa shape index (κ3) is 4.74. The lowest BCUT2D eigenvalue weighted by molar-refractivity contribution is -0.130. The van der Waals surface area contributed by atoms with E-state index >= 15 is 0 Å². The lowest BCUT2D eigenvalue weighted by Gasteiger charge is -2.35. The van der Waals surface area contributed by atoms with Crippen LogP contribution in [0.5, 0.6) is 0 Å². The monoisotopic (exact) mass is 440 g/mol. The van der Waals surface area contributed by atoms with Crippen molar-refractivity contribution in [2.75, 3.05) is 31.1 Å². The topological polar surface area (TPSA) is 49.3 Å². The van der Waals surface area contributed by atoms with Crippen molar-refractivity contribution in [3.8, 4) is 11.3 Å². The van der Waals surface area contributed by atoms with E-state index in [2.05, 4.69) is 15.1 Å². The van der Waals surface area contributed by atoms with E-state index in [0.717, 1.165) is 30.0 Å². The molecule has 1 fully saturated rings. The maximum absolute atomic E-state index is 12.6. The van der Waals surface area contributed by atoms with Crippen molar-refractivity contribution in [3.05, 3.63) is 75.8 Å². The molecule has 0 bridgehead atoms. The molecule has 0 spiro atoms. The average Bonchev–Trinajstić information content (AvgIpc) is 2.76. The van der Waals surface area contributed by atoms with Crippen LogP contribution in [-0.2, 0) is 11.2 Å². The first-order valence-electron chi connectivity index (χ1n) is 9.87. The van der Waals surface area contributed by atoms with Crippen LogP contribution >= 0.6 is 23.2 Å². The van der Waals surface area contributed by atoms with Gasteiger partial charge >= 0.3 is 0 Å². The molecule has 0 saturated carbocycles. The summed E-state index contributed by atoms with van der Waals surface area (Å²) in [6, 6.07) is 17.3. The van der Waals surface area contributed by atoms with Gasteiger partial charge in [-0.2, -0.15) is 0 Å². The zero-order chi connectivity index (χ0) is 21.1. The number of carbonyl (C=O) groups is 1. The molecule has 0 atom stereocenters. The maximum atomic E-state index is 12.6. The van der Waals surface area contributed by atoms with Crippen LogP contribution in [0.1, 0.15) is 11.1 Å². The van der Waals surface area contributed by atoms with Crippen molar-refractivity contribution < 1.29 is 4.79 Å². The Morgan fingerprint density at radius 2 is 1.67 bits per heavy atom. The van der Waals surface area contributed by atoms with E-state index in [9.17, 15) is 4.79 Å². The molecule has 30 heavy (non-hydrogen) atoms. The number of carbonyl (C=O) groups excluding carboxylic acids is 1. The molecule has 4 rings (SSSR count). The number of piperazine rings is 1. The number of hydrogen-bond acceptors (Lipinski definition) is 4.